The van der Waals surface area contributed by atoms with Crippen molar-refractivity contribution >= 4 is 11.6 Å². The van der Waals surface area contributed by atoms with Crippen molar-refractivity contribution in [3.05, 3.63) is 34.6 Å². The second-order valence-corrected chi connectivity index (χ2v) is 7.53. The van der Waals surface area contributed by atoms with Gasteiger partial charge in [-0.15, -0.1) is 0 Å². The average Bonchev–Trinajstić information content (AvgIpc) is 2.74. The minimum atomic E-state index is -0.298. The van der Waals surface area contributed by atoms with Crippen molar-refractivity contribution in [1.29, 1.82) is 0 Å². The lowest BCUT2D eigenvalue weighted by atomic mass is 9.75. The molecule has 1 saturated heterocycles. The fraction of sp³-hybridized carbons (Fsp3) is 0.647. The molecule has 0 radical (unpaired) electrons. The van der Waals surface area contributed by atoms with Crippen molar-refractivity contribution in [3.8, 4) is 0 Å². The fourth-order valence-corrected chi connectivity index (χ4v) is 3.05. The number of hydrogen-bond acceptors (Lipinski definition) is 2. The highest BCUT2D eigenvalue weighted by atomic mass is 35.5. The Morgan fingerprint density at radius 2 is 2.14 bits per heavy atom. The standard InChI is InChI=1S/C17H25ClFNO/c1-12-17(8-9-21-12,11-20-16(2,3)4)10-13-6-5-7-14(18)15(13)19/h5-7,12,20H,8-11H2,1-4H3. The molecular formula is C17H25ClFNO. The first-order chi connectivity index (χ1) is 9.73. The molecule has 1 heterocycles. The maximum atomic E-state index is 14.2. The van der Waals surface area contributed by atoms with Crippen LogP contribution in [0, 0.1) is 11.2 Å². The lowest BCUT2D eigenvalue weighted by Gasteiger charge is -2.36. The molecule has 0 amide bonds. The van der Waals surface area contributed by atoms with Crippen molar-refractivity contribution < 1.29 is 9.13 Å². The van der Waals surface area contributed by atoms with E-state index in [-0.39, 0.29) is 27.9 Å². The van der Waals surface area contributed by atoms with Crippen molar-refractivity contribution in [2.75, 3.05) is 13.2 Å². The maximum absolute atomic E-state index is 14.2. The summed E-state index contributed by atoms with van der Waals surface area (Å²) in [5.74, 6) is -0.298. The summed E-state index contributed by atoms with van der Waals surface area (Å²) >= 11 is 5.91. The molecule has 1 aliphatic rings. The van der Waals surface area contributed by atoms with Gasteiger partial charge in [-0.25, -0.2) is 4.39 Å². The first-order valence-corrected chi connectivity index (χ1v) is 7.91. The van der Waals surface area contributed by atoms with E-state index in [4.69, 9.17) is 16.3 Å². The Hall–Kier alpha value is -0.640. The molecule has 1 N–H and O–H groups in total. The zero-order valence-corrected chi connectivity index (χ0v) is 14.1. The van der Waals surface area contributed by atoms with Gasteiger partial charge in [-0.1, -0.05) is 23.7 Å². The molecule has 0 saturated carbocycles. The van der Waals surface area contributed by atoms with E-state index in [2.05, 4.69) is 33.0 Å². The zero-order valence-electron chi connectivity index (χ0n) is 13.3. The van der Waals surface area contributed by atoms with E-state index in [1.807, 2.05) is 12.1 Å². The highest BCUT2D eigenvalue weighted by molar-refractivity contribution is 6.30. The molecule has 1 aromatic rings. The fourth-order valence-electron chi connectivity index (χ4n) is 2.85. The van der Waals surface area contributed by atoms with Crippen molar-refractivity contribution in [1.82, 2.24) is 5.32 Å². The monoisotopic (exact) mass is 313 g/mol. The Balaban J connectivity index is 2.23. The van der Waals surface area contributed by atoms with Gasteiger partial charge in [-0.05, 0) is 52.2 Å². The van der Waals surface area contributed by atoms with Gasteiger partial charge in [0.2, 0.25) is 0 Å². The van der Waals surface area contributed by atoms with E-state index in [1.54, 1.807) is 6.07 Å². The van der Waals surface area contributed by atoms with Crippen LogP contribution in [-0.2, 0) is 11.2 Å². The first-order valence-electron chi connectivity index (χ1n) is 7.53. The lowest BCUT2D eigenvalue weighted by molar-refractivity contribution is 0.0594. The Kier molecular flexibility index (Phi) is 4.96. The quantitative estimate of drug-likeness (QED) is 0.899. The third kappa shape index (κ3) is 3.97. The van der Waals surface area contributed by atoms with Crippen LogP contribution in [0.2, 0.25) is 5.02 Å². The number of halogens is 2. The van der Waals surface area contributed by atoms with E-state index in [0.29, 0.717) is 12.0 Å². The van der Waals surface area contributed by atoms with Crippen LogP contribution in [0.3, 0.4) is 0 Å². The summed E-state index contributed by atoms with van der Waals surface area (Å²) in [4.78, 5) is 0. The molecule has 1 fully saturated rings. The summed E-state index contributed by atoms with van der Waals surface area (Å²) in [5.41, 5.74) is 0.622. The van der Waals surface area contributed by atoms with Crippen LogP contribution in [0.25, 0.3) is 0 Å². The van der Waals surface area contributed by atoms with Gasteiger partial charge in [0.15, 0.2) is 0 Å². The first kappa shape index (κ1) is 16.7. The average molecular weight is 314 g/mol. The SMILES string of the molecule is CC1OCCC1(CNC(C)(C)C)Cc1cccc(Cl)c1F. The van der Waals surface area contributed by atoms with Gasteiger partial charge in [-0.3, -0.25) is 0 Å². The largest absolute Gasteiger partial charge is 0.378 e. The Morgan fingerprint density at radius 1 is 1.43 bits per heavy atom. The summed E-state index contributed by atoms with van der Waals surface area (Å²) in [5, 5.41) is 3.75. The van der Waals surface area contributed by atoms with E-state index in [0.717, 1.165) is 19.6 Å². The highest BCUT2D eigenvalue weighted by Gasteiger charge is 2.42. The van der Waals surface area contributed by atoms with E-state index in [1.165, 1.54) is 0 Å². The van der Waals surface area contributed by atoms with Gasteiger partial charge in [-0.2, -0.15) is 0 Å². The minimum Gasteiger partial charge on any atom is -0.378 e. The van der Waals surface area contributed by atoms with Crippen LogP contribution in [-0.4, -0.2) is 24.8 Å². The van der Waals surface area contributed by atoms with Crippen LogP contribution in [0.5, 0.6) is 0 Å². The minimum absolute atomic E-state index is 0.0299. The van der Waals surface area contributed by atoms with Crippen LogP contribution in [0.1, 0.15) is 39.7 Å². The van der Waals surface area contributed by atoms with Crippen molar-refractivity contribution in [3.63, 3.8) is 0 Å². The van der Waals surface area contributed by atoms with E-state index < -0.39 is 0 Å². The number of nitrogens with one attached hydrogen (secondary N) is 1. The molecule has 118 valence electrons. The molecule has 2 unspecified atom stereocenters. The lowest BCUT2D eigenvalue weighted by Crippen LogP contribution is -2.47. The van der Waals surface area contributed by atoms with Crippen molar-refractivity contribution in [2.45, 2.75) is 52.2 Å². The number of hydrogen-bond donors (Lipinski definition) is 1. The van der Waals surface area contributed by atoms with Gasteiger partial charge in [0.05, 0.1) is 11.1 Å². The molecule has 21 heavy (non-hydrogen) atoms. The van der Waals surface area contributed by atoms with E-state index >= 15 is 0 Å². The molecule has 2 atom stereocenters. The normalized spacial score (nSPS) is 26.3. The van der Waals surface area contributed by atoms with E-state index in [9.17, 15) is 4.39 Å². The molecule has 0 spiro atoms. The molecule has 2 rings (SSSR count). The predicted molar refractivity (Wildman–Crippen MR) is 85.3 cm³/mol. The van der Waals surface area contributed by atoms with Gasteiger partial charge in [0.1, 0.15) is 5.82 Å². The zero-order chi connectivity index (χ0) is 15.7. The summed E-state index contributed by atoms with van der Waals surface area (Å²) in [6.45, 7) is 10.0. The Bertz CT molecular complexity index is 500. The second kappa shape index (κ2) is 6.23. The maximum Gasteiger partial charge on any atom is 0.144 e. The van der Waals surface area contributed by atoms with Gasteiger partial charge >= 0.3 is 0 Å². The molecule has 0 aromatic heterocycles. The second-order valence-electron chi connectivity index (χ2n) is 7.12. The molecule has 4 heteroatoms. The van der Waals surface area contributed by atoms with Crippen LogP contribution >= 0.6 is 11.6 Å². The summed E-state index contributed by atoms with van der Waals surface area (Å²) in [6.07, 6.45) is 1.68. The molecular weight excluding hydrogens is 289 g/mol. The molecule has 0 aliphatic carbocycles. The van der Waals surface area contributed by atoms with Crippen LogP contribution in [0.4, 0.5) is 4.39 Å². The molecule has 1 aromatic carbocycles. The molecule has 2 nitrogen and oxygen atoms in total. The van der Waals surface area contributed by atoms with Gasteiger partial charge in [0.25, 0.3) is 0 Å². The molecule has 1 aliphatic heterocycles. The summed E-state index contributed by atoms with van der Waals surface area (Å²) in [7, 11) is 0. The molecule has 0 bridgehead atoms. The Labute approximate surface area is 132 Å². The third-order valence-electron chi connectivity index (χ3n) is 4.38. The smallest absolute Gasteiger partial charge is 0.144 e. The van der Waals surface area contributed by atoms with Gasteiger partial charge in [0, 0.05) is 24.1 Å². The third-order valence-corrected chi connectivity index (χ3v) is 4.67. The van der Waals surface area contributed by atoms with Crippen molar-refractivity contribution in [2.24, 2.45) is 5.41 Å². The van der Waals surface area contributed by atoms with Crippen LogP contribution < -0.4 is 5.32 Å². The topological polar surface area (TPSA) is 21.3 Å². The number of ether oxygens (including phenoxy) is 1. The number of benzene rings is 1. The predicted octanol–water partition coefficient (Wildman–Crippen LogP) is 4.20. The highest BCUT2D eigenvalue weighted by Crippen LogP contribution is 2.39. The summed E-state index contributed by atoms with van der Waals surface area (Å²) < 4.78 is 20.0. The van der Waals surface area contributed by atoms with Gasteiger partial charge < -0.3 is 10.1 Å². The Morgan fingerprint density at radius 3 is 2.71 bits per heavy atom. The number of rotatable bonds is 4. The van der Waals surface area contributed by atoms with Crippen LogP contribution in [0.15, 0.2) is 18.2 Å². The summed E-state index contributed by atoms with van der Waals surface area (Å²) in [6, 6.07) is 5.23.